The average Bonchev–Trinajstić information content (AvgIpc) is 3.40. The normalized spacial score (nSPS) is 11.9. The number of halogens is 2. The van der Waals surface area contributed by atoms with Crippen molar-refractivity contribution in [3.63, 3.8) is 0 Å². The number of allylic oxidation sites excluding steroid dienone is 2. The van der Waals surface area contributed by atoms with Crippen LogP contribution in [0.3, 0.4) is 0 Å². The highest BCUT2D eigenvalue weighted by Gasteiger charge is 2.16. The molecule has 3 aromatic carbocycles. The topological polar surface area (TPSA) is 74.8 Å². The molecule has 0 bridgehead atoms. The van der Waals surface area contributed by atoms with Gasteiger partial charge in [0.2, 0.25) is 0 Å². The zero-order valence-electron chi connectivity index (χ0n) is 20.3. The van der Waals surface area contributed by atoms with E-state index in [1.54, 1.807) is 18.3 Å². The summed E-state index contributed by atoms with van der Waals surface area (Å²) in [6.07, 6.45) is 7.52. The number of nitrogens with one attached hydrogen (secondary N) is 2. The molecule has 0 radical (unpaired) electrons. The van der Waals surface area contributed by atoms with E-state index in [0.717, 1.165) is 44.2 Å². The molecule has 0 aliphatic carbocycles. The Kier molecular flexibility index (Phi) is 8.33. The predicted molar refractivity (Wildman–Crippen MR) is 157 cm³/mol. The van der Waals surface area contributed by atoms with Gasteiger partial charge in [-0.05, 0) is 70.2 Å². The molecule has 0 unspecified atom stereocenters. The molecule has 0 saturated carbocycles. The second-order valence-corrected chi connectivity index (χ2v) is 9.56. The first-order valence-electron chi connectivity index (χ1n) is 11.6. The van der Waals surface area contributed by atoms with Crippen molar-refractivity contribution >= 4 is 57.2 Å². The summed E-state index contributed by atoms with van der Waals surface area (Å²) < 4.78 is 13.8. The van der Waals surface area contributed by atoms with Gasteiger partial charge in [-0.1, -0.05) is 67.6 Å². The van der Waals surface area contributed by atoms with Crippen LogP contribution in [0.4, 0.5) is 15.2 Å². The number of benzene rings is 3. The molecule has 0 saturated heterocycles. The second-order valence-electron chi connectivity index (χ2n) is 8.26. The van der Waals surface area contributed by atoms with Crippen molar-refractivity contribution in [2.75, 3.05) is 11.1 Å². The van der Waals surface area contributed by atoms with E-state index in [9.17, 15) is 4.39 Å². The van der Waals surface area contributed by atoms with Crippen LogP contribution in [-0.4, -0.2) is 11.2 Å². The molecule has 37 heavy (non-hydrogen) atoms. The van der Waals surface area contributed by atoms with Gasteiger partial charge < -0.3 is 16.5 Å². The largest absolute Gasteiger partial charge is 0.398 e. The fraction of sp³-hybridized carbons (Fsp3) is 0.0667. The summed E-state index contributed by atoms with van der Waals surface area (Å²) in [5.41, 5.74) is 13.5. The van der Waals surface area contributed by atoms with Crippen LogP contribution in [0.15, 0.2) is 90.6 Å². The zero-order valence-corrected chi connectivity index (χ0v) is 21.8. The molecular weight excluding hydrogens is 503 g/mol. The molecule has 0 spiro atoms. The minimum Gasteiger partial charge on any atom is -0.398 e. The first kappa shape index (κ1) is 26.1. The lowest BCUT2D eigenvalue weighted by Crippen LogP contribution is -1.99. The Hall–Kier alpha value is -4.00. The lowest BCUT2D eigenvalue weighted by Gasteiger charge is -2.18. The van der Waals surface area contributed by atoms with Gasteiger partial charge >= 0.3 is 0 Å². The monoisotopic (exact) mass is 528 g/mol. The molecule has 0 aliphatic heterocycles. The van der Waals surface area contributed by atoms with Crippen molar-refractivity contribution in [3.05, 3.63) is 129 Å². The van der Waals surface area contributed by atoms with E-state index in [-0.39, 0.29) is 5.82 Å². The number of thiazole rings is 1. The number of anilines is 2. The molecule has 0 aliphatic rings. The smallest absolute Gasteiger partial charge is 0.187 e. The van der Waals surface area contributed by atoms with Crippen LogP contribution in [-0.2, 0) is 0 Å². The number of hydrogen-bond donors (Lipinski definition) is 3. The molecule has 7 heteroatoms. The highest BCUT2D eigenvalue weighted by atomic mass is 35.5. The minimum atomic E-state index is -0.383. The molecule has 4 rings (SSSR count). The third-order valence-electron chi connectivity index (χ3n) is 5.82. The van der Waals surface area contributed by atoms with Gasteiger partial charge in [0.1, 0.15) is 5.82 Å². The molecule has 0 amide bonds. The Balaban J connectivity index is 1.76. The fourth-order valence-electron chi connectivity index (χ4n) is 4.03. The van der Waals surface area contributed by atoms with Gasteiger partial charge in [-0.25, -0.2) is 9.37 Å². The van der Waals surface area contributed by atoms with Crippen LogP contribution in [0.1, 0.15) is 41.2 Å². The maximum absolute atomic E-state index is 13.8. The van der Waals surface area contributed by atoms with E-state index in [2.05, 4.69) is 16.9 Å². The number of nitrogens with zero attached hydrogens (tertiary/aromatic N) is 1. The third-order valence-corrected chi connectivity index (χ3v) is 6.82. The van der Waals surface area contributed by atoms with Crippen LogP contribution in [0.25, 0.3) is 17.2 Å². The van der Waals surface area contributed by atoms with E-state index < -0.39 is 0 Å². The van der Waals surface area contributed by atoms with Gasteiger partial charge in [-0.2, -0.15) is 0 Å². The maximum atomic E-state index is 13.8. The van der Waals surface area contributed by atoms with Crippen molar-refractivity contribution in [2.24, 2.45) is 0 Å². The Morgan fingerprint density at radius 1 is 1.14 bits per heavy atom. The molecule has 186 valence electrons. The summed E-state index contributed by atoms with van der Waals surface area (Å²) in [4.78, 5) is 4.20. The quantitative estimate of drug-likeness (QED) is 0.0881. The van der Waals surface area contributed by atoms with Crippen molar-refractivity contribution in [1.29, 1.82) is 5.41 Å². The predicted octanol–water partition coefficient (Wildman–Crippen LogP) is 8.52. The number of rotatable bonds is 9. The minimum absolute atomic E-state index is 0.350. The van der Waals surface area contributed by atoms with Gasteiger partial charge in [-0.15, -0.1) is 11.3 Å². The van der Waals surface area contributed by atoms with Gasteiger partial charge in [0, 0.05) is 34.7 Å². The summed E-state index contributed by atoms with van der Waals surface area (Å²) in [5.74, 6) is -0.383. The van der Waals surface area contributed by atoms with Crippen molar-refractivity contribution in [1.82, 2.24) is 4.98 Å². The van der Waals surface area contributed by atoms with Gasteiger partial charge in [0.05, 0.1) is 5.02 Å². The average molecular weight is 529 g/mol. The maximum Gasteiger partial charge on any atom is 0.187 e. The first-order valence-corrected chi connectivity index (χ1v) is 12.9. The van der Waals surface area contributed by atoms with Crippen LogP contribution >= 0.6 is 22.9 Å². The number of nitrogen functional groups attached to an aromatic ring is 1. The molecule has 1 aromatic heterocycles. The summed E-state index contributed by atoms with van der Waals surface area (Å²) in [7, 11) is 0. The molecule has 0 atom stereocenters. The van der Waals surface area contributed by atoms with Gasteiger partial charge in [0.15, 0.2) is 5.13 Å². The second kappa shape index (κ2) is 11.8. The van der Waals surface area contributed by atoms with Gasteiger partial charge in [-0.3, -0.25) is 0 Å². The highest BCUT2D eigenvalue weighted by molar-refractivity contribution is 7.13. The van der Waals surface area contributed by atoms with Crippen molar-refractivity contribution in [3.8, 4) is 0 Å². The van der Waals surface area contributed by atoms with E-state index in [0.29, 0.717) is 22.7 Å². The number of hydrogen-bond acceptors (Lipinski definition) is 5. The van der Waals surface area contributed by atoms with E-state index in [1.165, 1.54) is 29.7 Å². The lowest BCUT2D eigenvalue weighted by atomic mass is 9.87. The zero-order chi connectivity index (χ0) is 26.4. The van der Waals surface area contributed by atoms with Crippen molar-refractivity contribution in [2.45, 2.75) is 13.3 Å². The first-order chi connectivity index (χ1) is 17.9. The Morgan fingerprint density at radius 3 is 2.54 bits per heavy atom. The SMILES string of the molecule is C=C(/C=C/c1ccc(/C(=C(/CC)c2ccc(F)cc2Cl)c2ccc(N)c(C=N)c2)cc1)Nc1nccs1. The molecule has 4 N–H and O–H groups in total. The molecule has 4 aromatic rings. The molecule has 1 heterocycles. The summed E-state index contributed by atoms with van der Waals surface area (Å²) in [6.45, 7) is 6.07. The Morgan fingerprint density at radius 2 is 1.89 bits per heavy atom. The van der Waals surface area contributed by atoms with E-state index in [4.69, 9.17) is 22.7 Å². The van der Waals surface area contributed by atoms with Gasteiger partial charge in [0.25, 0.3) is 0 Å². The number of nitrogens with two attached hydrogens (primary N) is 1. The standard InChI is InChI=1S/C30H26ClFN4S/c1-3-25(26-12-11-24(32)17-27(26)31)29(22-10-13-28(34)23(16-22)18-33)21-8-6-20(7-9-21)5-4-19(2)36-30-35-14-15-37-30/h4-18,33H,2-3,34H2,1H3,(H,35,36)/b5-4+,29-25+,33-18?. The summed E-state index contributed by atoms with van der Waals surface area (Å²) >= 11 is 8.01. The summed E-state index contributed by atoms with van der Waals surface area (Å²) in [6, 6.07) is 18.2. The van der Waals surface area contributed by atoms with Crippen LogP contribution in [0.5, 0.6) is 0 Å². The lowest BCUT2D eigenvalue weighted by molar-refractivity contribution is 0.628. The third kappa shape index (κ3) is 6.23. The van der Waals surface area contributed by atoms with Crippen molar-refractivity contribution < 1.29 is 4.39 Å². The Bertz CT molecular complexity index is 1490. The fourth-order valence-corrected chi connectivity index (χ4v) is 4.87. The molecular formula is C30H26ClFN4S. The Labute approximate surface area is 225 Å². The van der Waals surface area contributed by atoms with Crippen LogP contribution < -0.4 is 11.1 Å². The highest BCUT2D eigenvalue weighted by Crippen LogP contribution is 2.38. The summed E-state index contributed by atoms with van der Waals surface area (Å²) in [5, 5.41) is 14.0. The molecule has 0 fully saturated rings. The number of aromatic nitrogens is 1. The van der Waals surface area contributed by atoms with Crippen LogP contribution in [0.2, 0.25) is 5.02 Å². The van der Waals surface area contributed by atoms with E-state index >= 15 is 0 Å². The molecule has 4 nitrogen and oxygen atoms in total. The van der Waals surface area contributed by atoms with E-state index in [1.807, 2.05) is 60.9 Å². The van der Waals surface area contributed by atoms with Crippen LogP contribution in [0, 0.1) is 11.2 Å².